The van der Waals surface area contributed by atoms with E-state index in [0.29, 0.717) is 6.42 Å². The van der Waals surface area contributed by atoms with Crippen molar-refractivity contribution in [1.29, 1.82) is 0 Å². The SMILES string of the molecule is CC[C@@H](NC(=O)CCN1CCCCC1)c1nc2ccc(C)cc2[nH]1. The van der Waals surface area contributed by atoms with Gasteiger partial charge in [-0.2, -0.15) is 0 Å². The van der Waals surface area contributed by atoms with E-state index in [1.54, 1.807) is 0 Å². The number of likely N-dealkylation sites (tertiary alicyclic amines) is 1. The molecule has 5 nitrogen and oxygen atoms in total. The van der Waals surface area contributed by atoms with E-state index in [1.165, 1.54) is 24.8 Å². The second-order valence-electron chi connectivity index (χ2n) is 6.82. The summed E-state index contributed by atoms with van der Waals surface area (Å²) in [6.07, 6.45) is 5.24. The molecule has 0 radical (unpaired) electrons. The maximum absolute atomic E-state index is 12.3. The number of nitrogens with one attached hydrogen (secondary N) is 2. The summed E-state index contributed by atoms with van der Waals surface area (Å²) in [7, 11) is 0. The molecule has 1 aromatic heterocycles. The van der Waals surface area contributed by atoms with Crippen molar-refractivity contribution in [2.24, 2.45) is 0 Å². The van der Waals surface area contributed by atoms with Gasteiger partial charge in [0.25, 0.3) is 0 Å². The van der Waals surface area contributed by atoms with Crippen molar-refractivity contribution in [3.63, 3.8) is 0 Å². The maximum atomic E-state index is 12.3. The maximum Gasteiger partial charge on any atom is 0.221 e. The minimum absolute atomic E-state index is 0.0495. The van der Waals surface area contributed by atoms with Crippen LogP contribution in [-0.2, 0) is 4.79 Å². The van der Waals surface area contributed by atoms with E-state index in [1.807, 2.05) is 6.07 Å². The minimum atomic E-state index is -0.0495. The van der Waals surface area contributed by atoms with Crippen molar-refractivity contribution in [2.75, 3.05) is 19.6 Å². The predicted molar refractivity (Wildman–Crippen MR) is 96.9 cm³/mol. The first-order valence-electron chi connectivity index (χ1n) is 9.13. The fourth-order valence-electron chi connectivity index (χ4n) is 3.38. The smallest absolute Gasteiger partial charge is 0.221 e. The summed E-state index contributed by atoms with van der Waals surface area (Å²) in [6, 6.07) is 6.13. The van der Waals surface area contributed by atoms with E-state index in [4.69, 9.17) is 0 Å². The minimum Gasteiger partial charge on any atom is -0.346 e. The molecule has 0 saturated carbocycles. The van der Waals surface area contributed by atoms with Crippen molar-refractivity contribution < 1.29 is 4.79 Å². The Morgan fingerprint density at radius 2 is 2.12 bits per heavy atom. The third-order valence-electron chi connectivity index (χ3n) is 4.83. The van der Waals surface area contributed by atoms with Crippen LogP contribution in [0, 0.1) is 6.92 Å². The lowest BCUT2D eigenvalue weighted by Crippen LogP contribution is -2.35. The zero-order chi connectivity index (χ0) is 16.9. The highest BCUT2D eigenvalue weighted by molar-refractivity contribution is 5.78. The van der Waals surface area contributed by atoms with Crippen LogP contribution in [0.5, 0.6) is 0 Å². The van der Waals surface area contributed by atoms with Crippen LogP contribution in [0.1, 0.15) is 56.5 Å². The molecule has 0 aliphatic carbocycles. The van der Waals surface area contributed by atoms with Crippen LogP contribution in [0.25, 0.3) is 11.0 Å². The number of H-pyrrole nitrogens is 1. The third kappa shape index (κ3) is 4.15. The number of imidazole rings is 1. The molecule has 0 unspecified atom stereocenters. The van der Waals surface area contributed by atoms with Crippen LogP contribution >= 0.6 is 0 Å². The van der Waals surface area contributed by atoms with E-state index in [2.05, 4.69) is 46.2 Å². The quantitative estimate of drug-likeness (QED) is 0.855. The second kappa shape index (κ2) is 7.79. The zero-order valence-corrected chi connectivity index (χ0v) is 14.8. The van der Waals surface area contributed by atoms with E-state index >= 15 is 0 Å². The average Bonchev–Trinajstić information content (AvgIpc) is 3.01. The number of piperidine rings is 1. The molecule has 1 aromatic carbocycles. The van der Waals surface area contributed by atoms with Gasteiger partial charge in [0.1, 0.15) is 5.82 Å². The van der Waals surface area contributed by atoms with Gasteiger partial charge in [-0.05, 0) is 57.0 Å². The Balaban J connectivity index is 1.59. The Morgan fingerprint density at radius 3 is 2.88 bits per heavy atom. The molecule has 1 saturated heterocycles. The molecule has 3 rings (SSSR count). The van der Waals surface area contributed by atoms with Gasteiger partial charge in [-0.25, -0.2) is 4.98 Å². The van der Waals surface area contributed by atoms with Gasteiger partial charge < -0.3 is 15.2 Å². The first-order valence-corrected chi connectivity index (χ1v) is 9.13. The van der Waals surface area contributed by atoms with Crippen LogP contribution in [0.3, 0.4) is 0 Å². The van der Waals surface area contributed by atoms with Crippen LogP contribution in [0.2, 0.25) is 0 Å². The summed E-state index contributed by atoms with van der Waals surface area (Å²) in [5.41, 5.74) is 3.19. The Labute approximate surface area is 143 Å². The molecule has 1 fully saturated rings. The highest BCUT2D eigenvalue weighted by Crippen LogP contribution is 2.19. The molecule has 1 aliphatic rings. The van der Waals surface area contributed by atoms with Crippen LogP contribution in [0.15, 0.2) is 18.2 Å². The predicted octanol–water partition coefficient (Wildman–Crippen LogP) is 3.31. The third-order valence-corrected chi connectivity index (χ3v) is 4.83. The lowest BCUT2D eigenvalue weighted by Gasteiger charge is -2.26. The summed E-state index contributed by atoms with van der Waals surface area (Å²) in [6.45, 7) is 7.27. The number of nitrogens with zero attached hydrogens (tertiary/aromatic N) is 2. The molecule has 0 spiro atoms. The number of aromatic nitrogens is 2. The lowest BCUT2D eigenvalue weighted by atomic mass is 10.1. The number of hydrogen-bond donors (Lipinski definition) is 2. The van der Waals surface area contributed by atoms with Gasteiger partial charge in [0.15, 0.2) is 0 Å². The molecule has 0 bridgehead atoms. The van der Waals surface area contributed by atoms with Gasteiger partial charge in [-0.1, -0.05) is 19.4 Å². The summed E-state index contributed by atoms with van der Waals surface area (Å²) >= 11 is 0. The first-order chi connectivity index (χ1) is 11.7. The van der Waals surface area contributed by atoms with E-state index in [9.17, 15) is 4.79 Å². The number of rotatable bonds is 6. The molecule has 1 atom stereocenters. The zero-order valence-electron chi connectivity index (χ0n) is 14.8. The topological polar surface area (TPSA) is 61.0 Å². The van der Waals surface area contributed by atoms with Crippen molar-refractivity contribution in [3.05, 3.63) is 29.6 Å². The number of carbonyl (C=O) groups excluding carboxylic acids is 1. The monoisotopic (exact) mass is 328 g/mol. The second-order valence-corrected chi connectivity index (χ2v) is 6.82. The van der Waals surface area contributed by atoms with Crippen LogP contribution in [-0.4, -0.2) is 40.4 Å². The molecule has 2 heterocycles. The summed E-state index contributed by atoms with van der Waals surface area (Å²) in [4.78, 5) is 22.7. The highest BCUT2D eigenvalue weighted by atomic mass is 16.1. The van der Waals surface area contributed by atoms with Crippen molar-refractivity contribution in [1.82, 2.24) is 20.2 Å². The van der Waals surface area contributed by atoms with Gasteiger partial charge >= 0.3 is 0 Å². The average molecular weight is 328 g/mol. The van der Waals surface area contributed by atoms with E-state index in [0.717, 1.165) is 42.9 Å². The highest BCUT2D eigenvalue weighted by Gasteiger charge is 2.18. The summed E-state index contributed by atoms with van der Waals surface area (Å²) in [5.74, 6) is 0.966. The fraction of sp³-hybridized carbons (Fsp3) is 0.579. The fourth-order valence-corrected chi connectivity index (χ4v) is 3.38. The molecule has 1 amide bonds. The Morgan fingerprint density at radius 1 is 1.33 bits per heavy atom. The van der Waals surface area contributed by atoms with Gasteiger partial charge in [0.2, 0.25) is 5.91 Å². The molecule has 5 heteroatoms. The number of fused-ring (bicyclic) bond motifs is 1. The molecular weight excluding hydrogens is 300 g/mol. The van der Waals surface area contributed by atoms with Crippen molar-refractivity contribution in [3.8, 4) is 0 Å². The lowest BCUT2D eigenvalue weighted by molar-refractivity contribution is -0.122. The van der Waals surface area contributed by atoms with Crippen LogP contribution in [0.4, 0.5) is 0 Å². The molecule has 130 valence electrons. The number of benzene rings is 1. The normalized spacial score (nSPS) is 17.1. The van der Waals surface area contributed by atoms with Gasteiger partial charge in [0, 0.05) is 13.0 Å². The number of amides is 1. The van der Waals surface area contributed by atoms with Gasteiger partial charge in [-0.15, -0.1) is 0 Å². The Bertz CT molecular complexity index is 688. The number of hydrogen-bond acceptors (Lipinski definition) is 3. The summed E-state index contributed by atoms with van der Waals surface area (Å²) in [5, 5.41) is 3.14. The molecular formula is C19H28N4O. The van der Waals surface area contributed by atoms with E-state index in [-0.39, 0.29) is 11.9 Å². The summed E-state index contributed by atoms with van der Waals surface area (Å²) < 4.78 is 0. The van der Waals surface area contributed by atoms with E-state index < -0.39 is 0 Å². The Kier molecular flexibility index (Phi) is 5.51. The van der Waals surface area contributed by atoms with Gasteiger partial charge in [-0.3, -0.25) is 4.79 Å². The largest absolute Gasteiger partial charge is 0.346 e. The Hall–Kier alpha value is -1.88. The van der Waals surface area contributed by atoms with Crippen molar-refractivity contribution in [2.45, 2.75) is 52.0 Å². The number of aryl methyl sites for hydroxylation is 1. The number of carbonyl (C=O) groups is 1. The molecule has 2 aromatic rings. The molecule has 24 heavy (non-hydrogen) atoms. The van der Waals surface area contributed by atoms with Gasteiger partial charge in [0.05, 0.1) is 17.1 Å². The van der Waals surface area contributed by atoms with Crippen molar-refractivity contribution >= 4 is 16.9 Å². The molecule has 2 N–H and O–H groups in total. The first kappa shape index (κ1) is 17.0. The standard InChI is InChI=1S/C19H28N4O/c1-3-15(19-21-16-8-7-14(2)13-17(16)22-19)20-18(24)9-12-23-10-5-4-6-11-23/h7-8,13,15H,3-6,9-12H2,1-2H3,(H,20,24)(H,21,22)/t15-/m1/s1. The van der Waals surface area contributed by atoms with Crippen LogP contribution < -0.4 is 5.32 Å². The number of aromatic amines is 1. The molecule has 1 aliphatic heterocycles.